The summed E-state index contributed by atoms with van der Waals surface area (Å²) in [6, 6.07) is 14.5. The average Bonchev–Trinajstić information content (AvgIpc) is 2.77. The summed E-state index contributed by atoms with van der Waals surface area (Å²) < 4.78 is 10.5. The molecule has 2 rings (SSSR count). The highest BCUT2D eigenvalue weighted by molar-refractivity contribution is 7.99. The molecule has 172 valence electrons. The summed E-state index contributed by atoms with van der Waals surface area (Å²) in [5.41, 5.74) is 1.15. The Morgan fingerprint density at radius 1 is 0.848 bits per heavy atom. The fraction of sp³-hybridized carbons (Fsp3) is 0.200. The largest absolute Gasteiger partial charge is 0.490 e. The number of esters is 1. The molecule has 0 unspecified atom stereocenters. The van der Waals surface area contributed by atoms with Crippen molar-refractivity contribution in [3.63, 3.8) is 0 Å². The summed E-state index contributed by atoms with van der Waals surface area (Å²) in [7, 11) is 0. The Kier molecular flexibility index (Phi) is 9.62. The Morgan fingerprint density at radius 3 is 1.94 bits per heavy atom. The van der Waals surface area contributed by atoms with Crippen molar-refractivity contribution in [2.45, 2.75) is 30.6 Å². The van der Waals surface area contributed by atoms with Crippen LogP contribution in [0.5, 0.6) is 5.75 Å². The van der Waals surface area contributed by atoms with Gasteiger partial charge in [-0.25, -0.2) is 9.59 Å². The van der Waals surface area contributed by atoms with Gasteiger partial charge in [-0.3, -0.25) is 4.79 Å². The number of Topliss-reactive ketones (excluding diaryl/α,β-unsaturated/α-hetero) is 1. The lowest BCUT2D eigenvalue weighted by molar-refractivity contribution is -0.141. The predicted octanol–water partition coefficient (Wildman–Crippen LogP) is 5.01. The van der Waals surface area contributed by atoms with E-state index in [0.29, 0.717) is 22.5 Å². The van der Waals surface area contributed by atoms with E-state index < -0.39 is 11.9 Å². The van der Waals surface area contributed by atoms with Gasteiger partial charge in [-0.1, -0.05) is 30.1 Å². The van der Waals surface area contributed by atoms with Crippen LogP contribution in [-0.2, 0) is 19.2 Å². The van der Waals surface area contributed by atoms with E-state index in [9.17, 15) is 14.4 Å². The number of ether oxygens (including phenoxy) is 2. The number of ketones is 1. The van der Waals surface area contributed by atoms with Crippen LogP contribution in [0.4, 0.5) is 0 Å². The average molecular weight is 468 g/mol. The quantitative estimate of drug-likeness (QED) is 0.0872. The molecular formula is C25H25NO6S. The van der Waals surface area contributed by atoms with Gasteiger partial charge in [0.1, 0.15) is 19.0 Å². The second-order valence-electron chi connectivity index (χ2n) is 6.99. The molecule has 7 nitrogen and oxygen atoms in total. The van der Waals surface area contributed by atoms with E-state index in [1.54, 1.807) is 26.0 Å². The Labute approximate surface area is 197 Å². The van der Waals surface area contributed by atoms with Crippen molar-refractivity contribution in [1.82, 2.24) is 0 Å². The van der Waals surface area contributed by atoms with Gasteiger partial charge >= 0.3 is 11.9 Å². The first-order valence-corrected chi connectivity index (χ1v) is 10.8. The molecule has 0 N–H and O–H groups in total. The number of benzene rings is 2. The maximum absolute atomic E-state index is 12.6. The number of hydrogen-bond donors (Lipinski definition) is 0. The van der Waals surface area contributed by atoms with Crippen molar-refractivity contribution in [2.75, 3.05) is 13.2 Å². The van der Waals surface area contributed by atoms with Crippen LogP contribution in [0.25, 0.3) is 0 Å². The van der Waals surface area contributed by atoms with E-state index in [1.807, 2.05) is 36.4 Å². The van der Waals surface area contributed by atoms with Gasteiger partial charge in [0, 0.05) is 27.9 Å². The summed E-state index contributed by atoms with van der Waals surface area (Å²) in [5, 5.41) is 3.61. The lowest BCUT2D eigenvalue weighted by Crippen LogP contribution is -2.16. The molecule has 0 heterocycles. The topological polar surface area (TPSA) is 91.3 Å². The molecule has 0 radical (unpaired) electrons. The lowest BCUT2D eigenvalue weighted by Gasteiger charge is -2.08. The van der Waals surface area contributed by atoms with Crippen LogP contribution in [0.3, 0.4) is 0 Å². The molecule has 0 atom stereocenters. The summed E-state index contributed by atoms with van der Waals surface area (Å²) in [4.78, 5) is 41.5. The number of nitrogens with zero attached hydrogens (tertiary/aromatic N) is 1. The Hall–Kier alpha value is -3.65. The molecule has 2 aromatic carbocycles. The van der Waals surface area contributed by atoms with Gasteiger partial charge in [0.05, 0.1) is 0 Å². The van der Waals surface area contributed by atoms with Crippen LogP contribution in [0.15, 0.2) is 87.8 Å². The molecule has 0 aromatic heterocycles. The fourth-order valence-electron chi connectivity index (χ4n) is 2.39. The normalized spacial score (nSPS) is 10.8. The Morgan fingerprint density at radius 2 is 1.42 bits per heavy atom. The second-order valence-corrected chi connectivity index (χ2v) is 8.14. The van der Waals surface area contributed by atoms with Crippen LogP contribution >= 0.6 is 11.8 Å². The van der Waals surface area contributed by atoms with Crippen LogP contribution in [0, 0.1) is 0 Å². The lowest BCUT2D eigenvalue weighted by atomic mass is 10.0. The first-order valence-electron chi connectivity index (χ1n) is 9.97. The zero-order valence-corrected chi connectivity index (χ0v) is 19.6. The van der Waals surface area contributed by atoms with Crippen LogP contribution in [0.1, 0.15) is 31.1 Å². The van der Waals surface area contributed by atoms with Crippen molar-refractivity contribution in [1.29, 1.82) is 0 Å². The molecular weight excluding hydrogens is 442 g/mol. The van der Waals surface area contributed by atoms with E-state index in [-0.39, 0.29) is 24.7 Å². The van der Waals surface area contributed by atoms with E-state index >= 15 is 0 Å². The maximum atomic E-state index is 12.6. The van der Waals surface area contributed by atoms with E-state index in [4.69, 9.17) is 9.47 Å². The van der Waals surface area contributed by atoms with Crippen molar-refractivity contribution in [3.8, 4) is 5.75 Å². The molecule has 8 heteroatoms. The van der Waals surface area contributed by atoms with Gasteiger partial charge in [-0.2, -0.15) is 0 Å². The second kappa shape index (κ2) is 12.4. The summed E-state index contributed by atoms with van der Waals surface area (Å²) >= 11 is 1.52. The number of hydrogen-bond acceptors (Lipinski definition) is 8. The molecule has 0 fully saturated rings. The van der Waals surface area contributed by atoms with Gasteiger partial charge in [0.2, 0.25) is 5.78 Å². The molecule has 0 aliphatic carbocycles. The monoisotopic (exact) mass is 467 g/mol. The van der Waals surface area contributed by atoms with Gasteiger partial charge in [0.15, 0.2) is 5.71 Å². The summed E-state index contributed by atoms with van der Waals surface area (Å²) in [6.07, 6.45) is 0. The standard InChI is InChI=1S/C25H25NO6S/c1-16(2)23(26-32-18(5)27)24(28)19-6-10-21(11-7-19)33-22-12-8-20(9-13-22)30-14-15-31-25(29)17(3)4/h6-13H,1,3,14-15H2,2,4-5H3/b26-23+. The smallest absolute Gasteiger partial charge is 0.333 e. The maximum Gasteiger partial charge on any atom is 0.333 e. The summed E-state index contributed by atoms with van der Waals surface area (Å²) in [6.45, 7) is 12.0. The molecule has 33 heavy (non-hydrogen) atoms. The molecule has 0 saturated heterocycles. The zero-order chi connectivity index (χ0) is 24.4. The Bertz CT molecular complexity index is 1070. The van der Waals surface area contributed by atoms with Crippen molar-refractivity contribution >= 4 is 35.2 Å². The molecule has 0 aliphatic rings. The van der Waals surface area contributed by atoms with Crippen LogP contribution in [0.2, 0.25) is 0 Å². The predicted molar refractivity (Wildman–Crippen MR) is 127 cm³/mol. The van der Waals surface area contributed by atoms with Gasteiger partial charge < -0.3 is 14.3 Å². The van der Waals surface area contributed by atoms with Gasteiger partial charge in [-0.05, 0) is 68.0 Å². The number of oxime groups is 1. The molecule has 2 aromatic rings. The third-order valence-electron chi connectivity index (χ3n) is 3.99. The van der Waals surface area contributed by atoms with Crippen LogP contribution < -0.4 is 4.74 Å². The Balaban J connectivity index is 1.94. The third-order valence-corrected chi connectivity index (χ3v) is 5.01. The number of carbonyl (C=O) groups excluding carboxylic acids is 3. The van der Waals surface area contributed by atoms with Crippen molar-refractivity contribution in [3.05, 3.63) is 78.4 Å². The highest BCUT2D eigenvalue weighted by atomic mass is 32.2. The highest BCUT2D eigenvalue weighted by Crippen LogP contribution is 2.29. The highest BCUT2D eigenvalue weighted by Gasteiger charge is 2.16. The van der Waals surface area contributed by atoms with E-state index in [0.717, 1.165) is 9.79 Å². The van der Waals surface area contributed by atoms with Crippen molar-refractivity contribution in [2.24, 2.45) is 5.16 Å². The molecule has 0 saturated carbocycles. The SMILES string of the molecule is C=C(C)C(=O)OCCOc1ccc(Sc2ccc(C(=O)/C(=N/OC(C)=O)C(=C)C)cc2)cc1. The molecule has 0 aliphatic heterocycles. The minimum atomic E-state index is -0.615. The van der Waals surface area contributed by atoms with Crippen molar-refractivity contribution < 1.29 is 28.7 Å². The minimum Gasteiger partial charge on any atom is -0.490 e. The minimum absolute atomic E-state index is 0.00409. The van der Waals surface area contributed by atoms with E-state index in [2.05, 4.69) is 23.2 Å². The molecule has 0 bridgehead atoms. The van der Waals surface area contributed by atoms with Crippen LogP contribution in [-0.4, -0.2) is 36.6 Å². The number of rotatable bonds is 11. The van der Waals surface area contributed by atoms with E-state index in [1.165, 1.54) is 18.7 Å². The number of carbonyl (C=O) groups is 3. The first-order chi connectivity index (χ1) is 15.7. The van der Waals surface area contributed by atoms with Gasteiger partial charge in [-0.15, -0.1) is 0 Å². The summed E-state index contributed by atoms with van der Waals surface area (Å²) in [5.74, 6) is -0.775. The number of allylic oxidation sites excluding steroid dienone is 1. The first kappa shape index (κ1) is 25.6. The zero-order valence-electron chi connectivity index (χ0n) is 18.8. The fourth-order valence-corrected chi connectivity index (χ4v) is 3.21. The third kappa shape index (κ3) is 8.42. The molecule has 0 spiro atoms. The molecule has 0 amide bonds. The van der Waals surface area contributed by atoms with Gasteiger partial charge in [0.25, 0.3) is 0 Å².